The molecule has 1 atom stereocenters. The number of aliphatic hydroxyl groups is 1. The number of carbonyl (C=O) groups is 1. The molecule has 0 aliphatic carbocycles. The van der Waals surface area contributed by atoms with E-state index in [9.17, 15) is 15.2 Å². The maximum Gasteiger partial charge on any atom is 0.254 e. The Morgan fingerprint density at radius 2 is 2.06 bits per heavy atom. The third kappa shape index (κ3) is 3.78. The van der Waals surface area contributed by atoms with Crippen LogP contribution in [0.15, 0.2) is 59.1 Å². The maximum absolute atomic E-state index is 12.8. The molecule has 0 unspecified atom stereocenters. The van der Waals surface area contributed by atoms with Gasteiger partial charge in [0.1, 0.15) is 17.0 Å². The molecule has 0 radical (unpaired) electrons. The number of rotatable bonds is 4. The molecule has 1 fully saturated rings. The summed E-state index contributed by atoms with van der Waals surface area (Å²) in [6, 6.07) is 16.9. The van der Waals surface area contributed by atoms with Gasteiger partial charge in [-0.15, -0.1) is 0 Å². The van der Waals surface area contributed by atoms with Crippen LogP contribution < -0.4 is 4.74 Å². The predicted octanol–water partition coefficient (Wildman–Crippen LogP) is 4.56. The molecule has 0 saturated carbocycles. The van der Waals surface area contributed by atoms with Gasteiger partial charge in [0.15, 0.2) is 5.58 Å². The van der Waals surface area contributed by atoms with E-state index in [-0.39, 0.29) is 5.91 Å². The molecule has 2 aromatic carbocycles. The van der Waals surface area contributed by atoms with Crippen LogP contribution in [0, 0.1) is 18.3 Å². The van der Waals surface area contributed by atoms with Gasteiger partial charge in [0.25, 0.3) is 5.91 Å². The largest absolute Gasteiger partial charge is 0.496 e. The summed E-state index contributed by atoms with van der Waals surface area (Å²) in [5.41, 5.74) is 5.72. The maximum atomic E-state index is 12.8. The average molecular weight is 453 g/mol. The summed E-state index contributed by atoms with van der Waals surface area (Å²) < 4.78 is 11.8. The van der Waals surface area contributed by atoms with Crippen molar-refractivity contribution >= 4 is 17.0 Å². The lowest BCUT2D eigenvalue weighted by molar-refractivity contribution is 0.0764. The number of benzene rings is 2. The van der Waals surface area contributed by atoms with E-state index in [0.29, 0.717) is 58.8 Å². The fraction of sp³-hybridized carbons (Fsp3) is 0.222. The summed E-state index contributed by atoms with van der Waals surface area (Å²) >= 11 is 0. The average Bonchev–Trinajstić information content (AvgIpc) is 3.49. The number of amides is 1. The molecule has 2 aromatic heterocycles. The molecule has 3 heterocycles. The van der Waals surface area contributed by atoms with Gasteiger partial charge >= 0.3 is 0 Å². The Labute approximate surface area is 196 Å². The van der Waals surface area contributed by atoms with Crippen LogP contribution in [-0.4, -0.2) is 47.2 Å². The first-order valence-electron chi connectivity index (χ1n) is 11.0. The molecule has 170 valence electrons. The second-order valence-corrected chi connectivity index (χ2v) is 8.43. The molecule has 0 spiro atoms. The number of hydrogen-bond donors (Lipinski definition) is 1. The molecular formula is C27H23N3O4. The van der Waals surface area contributed by atoms with Gasteiger partial charge in [0, 0.05) is 36.5 Å². The molecule has 1 aliphatic heterocycles. The van der Waals surface area contributed by atoms with Crippen molar-refractivity contribution in [2.45, 2.75) is 19.4 Å². The molecule has 7 heteroatoms. The number of hydrogen-bond acceptors (Lipinski definition) is 6. The van der Waals surface area contributed by atoms with E-state index in [1.54, 1.807) is 36.4 Å². The van der Waals surface area contributed by atoms with Crippen molar-refractivity contribution in [3.63, 3.8) is 0 Å². The number of nitrogens with zero attached hydrogens (tertiary/aromatic N) is 3. The lowest BCUT2D eigenvalue weighted by Crippen LogP contribution is -2.29. The van der Waals surface area contributed by atoms with Gasteiger partial charge in [0.05, 0.1) is 30.4 Å². The highest BCUT2D eigenvalue weighted by molar-refractivity contribution is 5.97. The van der Waals surface area contributed by atoms with Crippen molar-refractivity contribution in [2.75, 3.05) is 20.2 Å². The lowest BCUT2D eigenvalue weighted by Gasteiger charge is -2.16. The van der Waals surface area contributed by atoms with Gasteiger partial charge in [-0.1, -0.05) is 12.1 Å². The summed E-state index contributed by atoms with van der Waals surface area (Å²) in [6.07, 6.45) is 1.83. The van der Waals surface area contributed by atoms with Crippen LogP contribution in [0.25, 0.3) is 33.6 Å². The highest BCUT2D eigenvalue weighted by Crippen LogP contribution is 2.38. The number of likely N-dealkylation sites (tertiary alicyclic amines) is 1. The number of carbonyl (C=O) groups excluding carboxylic acids is 1. The van der Waals surface area contributed by atoms with Gasteiger partial charge in [0.2, 0.25) is 0 Å². The number of pyridine rings is 1. The van der Waals surface area contributed by atoms with Gasteiger partial charge in [-0.3, -0.25) is 9.78 Å². The second-order valence-electron chi connectivity index (χ2n) is 8.43. The number of ether oxygens (including phenoxy) is 1. The van der Waals surface area contributed by atoms with E-state index >= 15 is 0 Å². The smallest absolute Gasteiger partial charge is 0.254 e. The third-order valence-electron chi connectivity index (χ3n) is 6.25. The normalized spacial score (nSPS) is 15.5. The number of furan rings is 1. The Balaban J connectivity index is 1.54. The van der Waals surface area contributed by atoms with Crippen LogP contribution >= 0.6 is 0 Å². The summed E-state index contributed by atoms with van der Waals surface area (Å²) in [7, 11) is 1.55. The van der Waals surface area contributed by atoms with Crippen LogP contribution in [0.1, 0.15) is 27.9 Å². The molecular weight excluding hydrogens is 430 g/mol. The SMILES string of the molecule is COc1cc(C(=O)N2CC[C@@H](O)C2)ccc1-c1cc2nccc(-c3ccc(C)c(C#N)c3)c2o1. The van der Waals surface area contributed by atoms with E-state index in [4.69, 9.17) is 9.15 Å². The Morgan fingerprint density at radius 1 is 1.21 bits per heavy atom. The van der Waals surface area contributed by atoms with Crippen molar-refractivity contribution in [3.05, 3.63) is 71.4 Å². The first-order chi connectivity index (χ1) is 16.5. The second kappa shape index (κ2) is 8.65. The van der Waals surface area contributed by atoms with E-state index < -0.39 is 6.10 Å². The topological polar surface area (TPSA) is 99.6 Å². The van der Waals surface area contributed by atoms with Crippen LogP contribution in [0.4, 0.5) is 0 Å². The van der Waals surface area contributed by atoms with E-state index in [1.165, 1.54) is 0 Å². The molecule has 0 bridgehead atoms. The molecule has 1 amide bonds. The monoisotopic (exact) mass is 453 g/mol. The Bertz CT molecular complexity index is 1450. The van der Waals surface area contributed by atoms with Crippen molar-refractivity contribution < 1.29 is 19.1 Å². The van der Waals surface area contributed by atoms with Gasteiger partial charge < -0.3 is 19.2 Å². The Morgan fingerprint density at radius 3 is 2.79 bits per heavy atom. The minimum absolute atomic E-state index is 0.136. The van der Waals surface area contributed by atoms with Crippen LogP contribution in [0.3, 0.4) is 0 Å². The molecule has 1 N–H and O–H groups in total. The van der Waals surface area contributed by atoms with E-state index in [2.05, 4.69) is 11.1 Å². The molecule has 1 aliphatic rings. The van der Waals surface area contributed by atoms with Crippen molar-refractivity contribution in [1.82, 2.24) is 9.88 Å². The molecule has 1 saturated heterocycles. The van der Waals surface area contributed by atoms with Crippen molar-refractivity contribution in [1.29, 1.82) is 5.26 Å². The van der Waals surface area contributed by atoms with Gasteiger partial charge in [-0.25, -0.2) is 0 Å². The number of nitriles is 1. The minimum atomic E-state index is -0.472. The summed E-state index contributed by atoms with van der Waals surface area (Å²) in [5.74, 6) is 0.936. The zero-order valence-corrected chi connectivity index (χ0v) is 18.9. The van der Waals surface area contributed by atoms with Crippen molar-refractivity contribution in [2.24, 2.45) is 0 Å². The number of aryl methyl sites for hydroxylation is 1. The first kappa shape index (κ1) is 21.7. The Hall–Kier alpha value is -4.15. The molecule has 4 aromatic rings. The van der Waals surface area contributed by atoms with E-state index in [0.717, 1.165) is 16.7 Å². The number of β-amino-alcohol motifs (C(OH)–C–C–N with tert-alkyl or cyclic N) is 1. The number of fused-ring (bicyclic) bond motifs is 1. The number of aliphatic hydroxyl groups excluding tert-OH is 1. The lowest BCUT2D eigenvalue weighted by atomic mass is 10.0. The summed E-state index contributed by atoms with van der Waals surface area (Å²) in [6.45, 7) is 2.78. The summed E-state index contributed by atoms with van der Waals surface area (Å²) in [4.78, 5) is 18.9. The predicted molar refractivity (Wildman–Crippen MR) is 127 cm³/mol. The fourth-order valence-electron chi connectivity index (χ4n) is 4.34. The van der Waals surface area contributed by atoms with Crippen LogP contribution in [-0.2, 0) is 0 Å². The Kier molecular flexibility index (Phi) is 5.52. The minimum Gasteiger partial charge on any atom is -0.496 e. The number of methoxy groups -OCH3 is 1. The van der Waals surface area contributed by atoms with Gasteiger partial charge in [-0.05, 0) is 54.8 Å². The van der Waals surface area contributed by atoms with E-state index in [1.807, 2.05) is 37.3 Å². The third-order valence-corrected chi connectivity index (χ3v) is 6.25. The molecule has 7 nitrogen and oxygen atoms in total. The standard InChI is InChI=1S/C27H23N3O4/c1-16-3-4-17(11-19(16)14-28)21-7-9-29-23-13-25(34-26(21)23)22-6-5-18(12-24(22)33-2)27(32)30-10-8-20(31)15-30/h3-7,9,11-13,20,31H,8,10,15H2,1-2H3/t20-/m1/s1. The van der Waals surface area contributed by atoms with Crippen LogP contribution in [0.2, 0.25) is 0 Å². The molecule has 5 rings (SSSR count). The van der Waals surface area contributed by atoms with Gasteiger partial charge in [-0.2, -0.15) is 5.26 Å². The highest BCUT2D eigenvalue weighted by Gasteiger charge is 2.26. The summed E-state index contributed by atoms with van der Waals surface area (Å²) in [5, 5.41) is 19.2. The quantitative estimate of drug-likeness (QED) is 0.486. The molecule has 34 heavy (non-hydrogen) atoms. The van der Waals surface area contributed by atoms with Crippen molar-refractivity contribution in [3.8, 4) is 34.3 Å². The highest BCUT2D eigenvalue weighted by atomic mass is 16.5. The first-order valence-corrected chi connectivity index (χ1v) is 11.0. The van der Waals surface area contributed by atoms with Crippen LogP contribution in [0.5, 0.6) is 5.75 Å². The fourth-order valence-corrected chi connectivity index (χ4v) is 4.34. The zero-order chi connectivity index (χ0) is 23.8. The zero-order valence-electron chi connectivity index (χ0n) is 18.9. The number of aromatic nitrogens is 1.